The molecule has 2 heterocycles. The first-order chi connectivity index (χ1) is 15.0. The van der Waals surface area contributed by atoms with Crippen LogP contribution in [0.1, 0.15) is 24.0 Å². The van der Waals surface area contributed by atoms with Gasteiger partial charge in [0.1, 0.15) is 5.82 Å². The molecule has 2 aromatic rings. The van der Waals surface area contributed by atoms with Crippen molar-refractivity contribution >= 4 is 21.5 Å². The molecule has 3 N–H and O–H groups in total. The Morgan fingerprint density at radius 3 is 2.59 bits per heavy atom. The molecule has 1 aromatic carbocycles. The third kappa shape index (κ3) is 6.30. The van der Waals surface area contributed by atoms with Crippen LogP contribution in [0.15, 0.2) is 24.3 Å². The molecule has 0 radical (unpaired) electrons. The summed E-state index contributed by atoms with van der Waals surface area (Å²) in [5, 5.41) is 20.7. The fourth-order valence-electron chi connectivity index (χ4n) is 3.84. The number of hydrogen-bond acceptors (Lipinski definition) is 7. The van der Waals surface area contributed by atoms with Crippen molar-refractivity contribution in [1.29, 1.82) is 0 Å². The molecule has 8 nitrogen and oxygen atoms in total. The zero-order valence-electron chi connectivity index (χ0n) is 17.8. The normalized spacial score (nSPS) is 17.9. The fraction of sp³-hybridized carbons (Fsp3) is 0.500. The van der Waals surface area contributed by atoms with Crippen molar-refractivity contribution in [2.75, 3.05) is 42.5 Å². The molecule has 12 heteroatoms. The highest BCUT2D eigenvalue weighted by Gasteiger charge is 2.32. The Morgan fingerprint density at radius 1 is 1.25 bits per heavy atom. The molecule has 0 unspecified atom stereocenters. The Morgan fingerprint density at radius 2 is 2.00 bits per heavy atom. The number of halogens is 3. The lowest BCUT2D eigenvalue weighted by Crippen LogP contribution is -2.43. The maximum atomic E-state index is 13.2. The van der Waals surface area contributed by atoms with Gasteiger partial charge < -0.3 is 10.4 Å². The number of aliphatic hydroxyl groups excluding tert-OH is 1. The minimum atomic E-state index is -4.62. The summed E-state index contributed by atoms with van der Waals surface area (Å²) in [4.78, 5) is 2.15. The maximum absolute atomic E-state index is 13.2. The quantitative estimate of drug-likeness (QED) is 0.568. The second kappa shape index (κ2) is 9.59. The largest absolute Gasteiger partial charge is 0.416 e. The fourth-order valence-corrected chi connectivity index (χ4v) is 4.40. The standard InChI is InChI=1S/C20H26F3N5O3S/c1-13-10-14(20(21,22)23)11-17(27-32(2,30)31)19(13)16-5-6-18(26-25-16)24-15-4-3-7-28(12-15)8-9-29/h5-6,10-11,15,27,29H,3-4,7-9,12H2,1-2H3,(H,24,26)/t15-/m1/s1. The molecular weight excluding hydrogens is 447 g/mol. The molecule has 1 aliphatic heterocycles. The van der Waals surface area contributed by atoms with Crippen LogP contribution in [0.2, 0.25) is 0 Å². The summed E-state index contributed by atoms with van der Waals surface area (Å²) in [6.07, 6.45) is -1.84. The molecule has 1 aromatic heterocycles. The summed E-state index contributed by atoms with van der Waals surface area (Å²) >= 11 is 0. The summed E-state index contributed by atoms with van der Waals surface area (Å²) in [6, 6.07) is 5.09. The van der Waals surface area contributed by atoms with Crippen molar-refractivity contribution in [3.63, 3.8) is 0 Å². The lowest BCUT2D eigenvalue weighted by Gasteiger charge is -2.32. The van der Waals surface area contributed by atoms with Gasteiger partial charge >= 0.3 is 6.18 Å². The first-order valence-electron chi connectivity index (χ1n) is 10.1. The maximum Gasteiger partial charge on any atom is 0.416 e. The molecule has 0 amide bonds. The van der Waals surface area contributed by atoms with E-state index in [2.05, 4.69) is 25.1 Å². The second-order valence-corrected chi connectivity index (χ2v) is 9.65. The number of aliphatic hydroxyl groups is 1. The highest BCUT2D eigenvalue weighted by Crippen LogP contribution is 2.38. The molecule has 1 fully saturated rings. The molecule has 0 aliphatic carbocycles. The van der Waals surface area contributed by atoms with Gasteiger partial charge in [-0.25, -0.2) is 8.42 Å². The van der Waals surface area contributed by atoms with Gasteiger partial charge in [-0.3, -0.25) is 9.62 Å². The molecule has 0 saturated carbocycles. The first-order valence-corrected chi connectivity index (χ1v) is 12.0. The van der Waals surface area contributed by atoms with Crippen LogP contribution in [0.3, 0.4) is 0 Å². The summed E-state index contributed by atoms with van der Waals surface area (Å²) in [6.45, 7) is 3.84. The molecule has 3 rings (SSSR count). The lowest BCUT2D eigenvalue weighted by atomic mass is 9.99. The molecule has 1 aliphatic rings. The molecular formula is C20H26F3N5O3S. The Balaban J connectivity index is 1.87. The molecule has 0 bridgehead atoms. The van der Waals surface area contributed by atoms with E-state index in [-0.39, 0.29) is 35.2 Å². The van der Waals surface area contributed by atoms with Gasteiger partial charge in [0.2, 0.25) is 10.0 Å². The van der Waals surface area contributed by atoms with Crippen LogP contribution < -0.4 is 10.0 Å². The van der Waals surface area contributed by atoms with Crippen LogP contribution in [-0.4, -0.2) is 67.2 Å². The van der Waals surface area contributed by atoms with Crippen LogP contribution in [0.25, 0.3) is 11.3 Å². The van der Waals surface area contributed by atoms with Gasteiger partial charge in [-0.2, -0.15) is 13.2 Å². The number of nitrogens with zero attached hydrogens (tertiary/aromatic N) is 3. The van der Waals surface area contributed by atoms with Crippen LogP contribution in [-0.2, 0) is 16.2 Å². The summed E-state index contributed by atoms with van der Waals surface area (Å²) in [5.74, 6) is 0.506. The highest BCUT2D eigenvalue weighted by atomic mass is 32.2. The van der Waals surface area contributed by atoms with E-state index in [4.69, 9.17) is 5.11 Å². The summed E-state index contributed by atoms with van der Waals surface area (Å²) < 4.78 is 65.4. The van der Waals surface area contributed by atoms with E-state index in [9.17, 15) is 21.6 Å². The van der Waals surface area contributed by atoms with Crippen molar-refractivity contribution in [3.05, 3.63) is 35.4 Å². The van der Waals surface area contributed by atoms with Crippen molar-refractivity contribution in [2.45, 2.75) is 32.0 Å². The number of sulfonamides is 1. The number of anilines is 2. The minimum absolute atomic E-state index is 0.0948. The first kappa shape index (κ1) is 24.2. The van der Waals surface area contributed by atoms with Crippen LogP contribution in [0, 0.1) is 6.92 Å². The summed E-state index contributed by atoms with van der Waals surface area (Å²) in [5.41, 5.74) is -0.469. The second-order valence-electron chi connectivity index (χ2n) is 7.90. The molecule has 176 valence electrons. The van der Waals surface area contributed by atoms with E-state index < -0.39 is 21.8 Å². The third-order valence-electron chi connectivity index (χ3n) is 5.15. The summed E-state index contributed by atoms with van der Waals surface area (Å²) in [7, 11) is -3.82. The van der Waals surface area contributed by atoms with E-state index in [0.29, 0.717) is 12.4 Å². The average molecular weight is 474 g/mol. The molecule has 0 spiro atoms. The van der Waals surface area contributed by atoms with Crippen molar-refractivity contribution < 1.29 is 26.7 Å². The van der Waals surface area contributed by atoms with Crippen LogP contribution in [0.5, 0.6) is 0 Å². The van der Waals surface area contributed by atoms with E-state index in [0.717, 1.165) is 44.3 Å². The van der Waals surface area contributed by atoms with Gasteiger partial charge in [0, 0.05) is 24.7 Å². The molecule has 32 heavy (non-hydrogen) atoms. The number of aryl methyl sites for hydroxylation is 1. The number of aromatic nitrogens is 2. The number of rotatable bonds is 7. The predicted octanol–water partition coefficient (Wildman–Crippen LogP) is 2.71. The van der Waals surface area contributed by atoms with Gasteiger partial charge in [-0.15, -0.1) is 10.2 Å². The van der Waals surface area contributed by atoms with Crippen molar-refractivity contribution in [2.24, 2.45) is 0 Å². The van der Waals surface area contributed by atoms with E-state index in [1.165, 1.54) is 6.92 Å². The Bertz CT molecular complexity index is 1040. The smallest absolute Gasteiger partial charge is 0.395 e. The number of hydrogen-bond donors (Lipinski definition) is 3. The van der Waals surface area contributed by atoms with Crippen molar-refractivity contribution in [1.82, 2.24) is 15.1 Å². The number of nitrogens with one attached hydrogen (secondary N) is 2. The Labute approximate surface area is 184 Å². The number of likely N-dealkylation sites (tertiary alicyclic amines) is 1. The molecule has 1 atom stereocenters. The van der Waals surface area contributed by atoms with Gasteiger partial charge in [-0.1, -0.05) is 0 Å². The number of benzene rings is 1. The monoisotopic (exact) mass is 473 g/mol. The topological polar surface area (TPSA) is 107 Å². The van der Waals surface area contributed by atoms with Crippen LogP contribution in [0.4, 0.5) is 24.7 Å². The predicted molar refractivity (Wildman–Crippen MR) is 116 cm³/mol. The number of piperidine rings is 1. The SMILES string of the molecule is Cc1cc(C(F)(F)F)cc(NS(C)(=O)=O)c1-c1ccc(N[C@@H]2CCCN(CCO)C2)nn1. The Kier molecular flexibility index (Phi) is 7.25. The van der Waals surface area contributed by atoms with E-state index in [1.807, 2.05) is 0 Å². The number of alkyl halides is 3. The third-order valence-corrected chi connectivity index (χ3v) is 5.74. The minimum Gasteiger partial charge on any atom is -0.395 e. The van der Waals surface area contributed by atoms with E-state index in [1.54, 1.807) is 12.1 Å². The van der Waals surface area contributed by atoms with Crippen LogP contribution >= 0.6 is 0 Å². The van der Waals surface area contributed by atoms with Crippen molar-refractivity contribution in [3.8, 4) is 11.3 Å². The zero-order chi connectivity index (χ0) is 23.5. The lowest BCUT2D eigenvalue weighted by molar-refractivity contribution is -0.137. The Hall–Kier alpha value is -2.44. The zero-order valence-corrected chi connectivity index (χ0v) is 18.6. The van der Waals surface area contributed by atoms with Gasteiger partial charge in [0.25, 0.3) is 0 Å². The van der Waals surface area contributed by atoms with Gasteiger partial charge in [-0.05, 0) is 56.1 Å². The highest BCUT2D eigenvalue weighted by molar-refractivity contribution is 7.92. The van der Waals surface area contributed by atoms with Gasteiger partial charge in [0.15, 0.2) is 0 Å². The average Bonchev–Trinajstić information content (AvgIpc) is 2.67. The van der Waals surface area contributed by atoms with E-state index >= 15 is 0 Å². The number of β-amino-alcohol motifs (C(OH)–C–C–N with tert-alkyl or cyclic N) is 1. The molecule has 1 saturated heterocycles. The van der Waals surface area contributed by atoms with Gasteiger partial charge in [0.05, 0.1) is 29.8 Å².